The second kappa shape index (κ2) is 6.42. The van der Waals surface area contributed by atoms with Gasteiger partial charge in [0.1, 0.15) is 10.4 Å². The Morgan fingerprint density at radius 3 is 2.79 bits per heavy atom. The van der Waals surface area contributed by atoms with Crippen molar-refractivity contribution in [2.45, 2.75) is 25.3 Å². The highest BCUT2D eigenvalue weighted by Crippen LogP contribution is 2.39. The number of fused-ring (bicyclic) bond motifs is 1. The van der Waals surface area contributed by atoms with Crippen molar-refractivity contribution in [2.24, 2.45) is 5.92 Å². The van der Waals surface area contributed by atoms with Gasteiger partial charge in [0.25, 0.3) is 5.91 Å². The summed E-state index contributed by atoms with van der Waals surface area (Å²) in [6.07, 6.45) is 1.84. The number of ether oxygens (including phenoxy) is 1. The van der Waals surface area contributed by atoms with Gasteiger partial charge in [-0.2, -0.15) is 5.26 Å². The van der Waals surface area contributed by atoms with Crippen molar-refractivity contribution >= 4 is 44.9 Å². The molecule has 0 saturated heterocycles. The summed E-state index contributed by atoms with van der Waals surface area (Å²) in [5.41, 5.74) is -0.904. The Balaban J connectivity index is 1.63. The second-order valence-electron chi connectivity index (χ2n) is 5.95. The Morgan fingerprint density at radius 1 is 1.46 bits per heavy atom. The smallest absolute Gasteiger partial charge is 0.350 e. The Hall–Kier alpha value is -2.10. The van der Waals surface area contributed by atoms with Crippen LogP contribution in [0.2, 0.25) is 5.02 Å². The minimum Gasteiger partial charge on any atom is -0.451 e. The zero-order valence-corrected chi connectivity index (χ0v) is 14.5. The van der Waals surface area contributed by atoms with E-state index >= 15 is 0 Å². The third-order valence-corrected chi connectivity index (χ3v) is 5.74. The number of amides is 1. The predicted molar refractivity (Wildman–Crippen MR) is 92.0 cm³/mol. The molecule has 1 aromatic carbocycles. The highest BCUT2D eigenvalue weighted by Gasteiger charge is 2.43. The Bertz CT molecular complexity index is 853. The lowest BCUT2D eigenvalue weighted by molar-refractivity contribution is -0.125. The number of rotatable bonds is 5. The molecule has 1 aliphatic carbocycles. The van der Waals surface area contributed by atoms with Crippen LogP contribution in [-0.2, 0) is 9.53 Å². The molecule has 0 unspecified atom stereocenters. The molecule has 1 aliphatic rings. The van der Waals surface area contributed by atoms with Gasteiger partial charge in [0.15, 0.2) is 6.61 Å². The third-order valence-electron chi connectivity index (χ3n) is 4.08. The van der Waals surface area contributed by atoms with E-state index in [0.29, 0.717) is 5.02 Å². The molecule has 0 bridgehead atoms. The number of esters is 1. The molecular weight excluding hydrogens is 348 g/mol. The maximum absolute atomic E-state index is 12.2. The SMILES string of the molecule is C[C@](C#N)(NC(=O)COC(=O)c1sc2ccccc2c1Cl)C1CC1. The van der Waals surface area contributed by atoms with Gasteiger partial charge in [0.05, 0.1) is 11.1 Å². The lowest BCUT2D eigenvalue weighted by Crippen LogP contribution is -2.48. The first-order chi connectivity index (χ1) is 11.4. The molecular formula is C17H15ClN2O3S. The Morgan fingerprint density at radius 2 is 2.17 bits per heavy atom. The van der Waals surface area contributed by atoms with Crippen LogP contribution >= 0.6 is 22.9 Å². The molecule has 1 atom stereocenters. The molecule has 5 nitrogen and oxygen atoms in total. The summed E-state index contributed by atoms with van der Waals surface area (Å²) in [6.45, 7) is 1.25. The molecule has 0 radical (unpaired) electrons. The molecule has 1 fully saturated rings. The van der Waals surface area contributed by atoms with Crippen LogP contribution in [0.15, 0.2) is 24.3 Å². The first kappa shape index (κ1) is 16.7. The fourth-order valence-corrected chi connectivity index (χ4v) is 3.95. The fraction of sp³-hybridized carbons (Fsp3) is 0.353. The summed E-state index contributed by atoms with van der Waals surface area (Å²) in [5, 5.41) is 13.0. The van der Waals surface area contributed by atoms with Crippen LogP contribution in [0.4, 0.5) is 0 Å². The number of carbonyl (C=O) groups is 2. The van der Waals surface area contributed by atoms with Crippen LogP contribution in [0.3, 0.4) is 0 Å². The number of halogens is 1. The molecule has 3 rings (SSSR count). The highest BCUT2D eigenvalue weighted by atomic mass is 35.5. The normalized spacial score (nSPS) is 16.2. The van der Waals surface area contributed by atoms with Crippen molar-refractivity contribution in [1.82, 2.24) is 5.32 Å². The quantitative estimate of drug-likeness (QED) is 0.825. The standard InChI is InChI=1S/C17H15ClN2O3S/c1-17(9-19,10-6-7-10)20-13(21)8-23-16(22)15-14(18)11-4-2-3-5-12(11)24-15/h2-5,10H,6-8H2,1H3,(H,20,21)/t17-/m1/s1. The zero-order chi connectivity index (χ0) is 17.3. The van der Waals surface area contributed by atoms with Crippen molar-refractivity contribution in [2.75, 3.05) is 6.61 Å². The molecule has 124 valence electrons. The molecule has 0 aliphatic heterocycles. The molecule has 24 heavy (non-hydrogen) atoms. The van der Waals surface area contributed by atoms with Crippen LogP contribution in [0.25, 0.3) is 10.1 Å². The number of hydrogen-bond donors (Lipinski definition) is 1. The summed E-state index contributed by atoms with van der Waals surface area (Å²) in [5.74, 6) is -0.961. The maximum atomic E-state index is 12.2. The first-order valence-electron chi connectivity index (χ1n) is 7.51. The van der Waals surface area contributed by atoms with E-state index in [4.69, 9.17) is 16.3 Å². The average Bonchev–Trinajstić information content (AvgIpc) is 3.38. The van der Waals surface area contributed by atoms with Gasteiger partial charge in [-0.3, -0.25) is 4.79 Å². The van der Waals surface area contributed by atoms with E-state index in [2.05, 4.69) is 11.4 Å². The lowest BCUT2D eigenvalue weighted by atomic mass is 9.98. The number of thiophene rings is 1. The largest absolute Gasteiger partial charge is 0.451 e. The van der Waals surface area contributed by atoms with Gasteiger partial charge in [-0.15, -0.1) is 11.3 Å². The van der Waals surface area contributed by atoms with Crippen LogP contribution < -0.4 is 5.32 Å². The minimum absolute atomic E-state index is 0.166. The number of benzene rings is 1. The number of nitrogens with one attached hydrogen (secondary N) is 1. The first-order valence-corrected chi connectivity index (χ1v) is 8.70. The highest BCUT2D eigenvalue weighted by molar-refractivity contribution is 7.21. The van der Waals surface area contributed by atoms with Crippen LogP contribution in [0.1, 0.15) is 29.4 Å². The van der Waals surface area contributed by atoms with E-state index in [1.54, 1.807) is 6.92 Å². The number of nitrogens with zero attached hydrogens (tertiary/aromatic N) is 1. The minimum atomic E-state index is -0.904. The summed E-state index contributed by atoms with van der Waals surface area (Å²) >= 11 is 7.44. The summed E-state index contributed by atoms with van der Waals surface area (Å²) in [7, 11) is 0. The van der Waals surface area contributed by atoms with Crippen LogP contribution in [0, 0.1) is 17.2 Å². The monoisotopic (exact) mass is 362 g/mol. The van der Waals surface area contributed by atoms with E-state index in [-0.39, 0.29) is 10.8 Å². The van der Waals surface area contributed by atoms with Gasteiger partial charge >= 0.3 is 5.97 Å². The second-order valence-corrected chi connectivity index (χ2v) is 7.38. The summed E-state index contributed by atoms with van der Waals surface area (Å²) in [6, 6.07) is 9.51. The van der Waals surface area contributed by atoms with Crippen LogP contribution in [-0.4, -0.2) is 24.0 Å². The summed E-state index contributed by atoms with van der Waals surface area (Å²) < 4.78 is 5.94. The molecule has 1 amide bonds. The van der Waals surface area contributed by atoms with Crippen molar-refractivity contribution < 1.29 is 14.3 Å². The van der Waals surface area contributed by atoms with Crippen molar-refractivity contribution in [3.05, 3.63) is 34.2 Å². The molecule has 1 heterocycles. The van der Waals surface area contributed by atoms with Crippen LogP contribution in [0.5, 0.6) is 0 Å². The molecule has 1 N–H and O–H groups in total. The predicted octanol–water partition coefficient (Wildman–Crippen LogP) is 3.52. The van der Waals surface area contributed by atoms with Gasteiger partial charge in [-0.05, 0) is 31.7 Å². The molecule has 0 spiro atoms. The summed E-state index contributed by atoms with van der Waals surface area (Å²) in [4.78, 5) is 24.4. The Labute approximate surface area is 148 Å². The molecule has 7 heteroatoms. The van der Waals surface area contributed by atoms with Crippen molar-refractivity contribution in [1.29, 1.82) is 5.26 Å². The van der Waals surface area contributed by atoms with Crippen molar-refractivity contribution in [3.63, 3.8) is 0 Å². The van der Waals surface area contributed by atoms with E-state index in [1.807, 2.05) is 24.3 Å². The maximum Gasteiger partial charge on any atom is 0.350 e. The van der Waals surface area contributed by atoms with E-state index < -0.39 is 24.0 Å². The topological polar surface area (TPSA) is 79.2 Å². The lowest BCUT2D eigenvalue weighted by Gasteiger charge is -2.22. The van der Waals surface area contributed by atoms with E-state index in [1.165, 1.54) is 11.3 Å². The number of hydrogen-bond acceptors (Lipinski definition) is 5. The van der Waals surface area contributed by atoms with E-state index in [0.717, 1.165) is 22.9 Å². The van der Waals surface area contributed by atoms with E-state index in [9.17, 15) is 14.9 Å². The van der Waals surface area contributed by atoms with Gasteiger partial charge in [-0.1, -0.05) is 29.8 Å². The van der Waals surface area contributed by atoms with Gasteiger partial charge in [0.2, 0.25) is 0 Å². The van der Waals surface area contributed by atoms with Gasteiger partial charge < -0.3 is 10.1 Å². The number of nitriles is 1. The molecule has 1 aromatic heterocycles. The van der Waals surface area contributed by atoms with Gasteiger partial charge in [-0.25, -0.2) is 4.79 Å². The number of carbonyl (C=O) groups excluding carboxylic acids is 2. The van der Waals surface area contributed by atoms with Crippen molar-refractivity contribution in [3.8, 4) is 6.07 Å². The molecule has 1 saturated carbocycles. The zero-order valence-electron chi connectivity index (χ0n) is 13.0. The van der Waals surface area contributed by atoms with Gasteiger partial charge in [0, 0.05) is 10.1 Å². The Kier molecular flexibility index (Phi) is 4.48. The fourth-order valence-electron chi connectivity index (χ4n) is 2.55. The third kappa shape index (κ3) is 3.23. The molecule has 2 aromatic rings. The average molecular weight is 363 g/mol.